The number of benzene rings is 2. The molecule has 3 heterocycles. The van der Waals surface area contributed by atoms with Crippen molar-refractivity contribution in [3.63, 3.8) is 0 Å². The number of aromatic amines is 1. The molecule has 0 unspecified atom stereocenters. The van der Waals surface area contributed by atoms with Crippen LogP contribution in [0.1, 0.15) is 46.9 Å². The number of aliphatic hydroxyl groups is 1. The van der Waals surface area contributed by atoms with Gasteiger partial charge in [-0.3, -0.25) is 19.1 Å². The van der Waals surface area contributed by atoms with Crippen LogP contribution in [-0.4, -0.2) is 45.5 Å². The number of para-hydroxylation sites is 2. The smallest absolute Gasteiger partial charge is 0.330 e. The van der Waals surface area contributed by atoms with Crippen LogP contribution >= 0.6 is 0 Å². The molecule has 0 bridgehead atoms. The van der Waals surface area contributed by atoms with Gasteiger partial charge in [0.15, 0.2) is 12.4 Å². The molecular formula is C27H28FN3O6. The molecule has 0 spiro atoms. The first-order valence-corrected chi connectivity index (χ1v) is 12.2. The molecule has 194 valence electrons. The van der Waals surface area contributed by atoms with Crippen molar-refractivity contribution in [3.8, 4) is 11.5 Å². The Kier molecular flexibility index (Phi) is 6.47. The number of nitrogens with zero attached hydrogens (tertiary/aromatic N) is 1. The number of rotatable bonds is 5. The average molecular weight is 510 g/mol. The molecule has 4 atom stereocenters. The number of aromatic nitrogens is 2. The fourth-order valence-corrected chi connectivity index (χ4v) is 5.00. The molecule has 1 amide bonds. The highest BCUT2D eigenvalue weighted by Gasteiger charge is 2.46. The summed E-state index contributed by atoms with van der Waals surface area (Å²) in [5.41, 5.74) is 2.08. The summed E-state index contributed by atoms with van der Waals surface area (Å²) in [6, 6.07) is 11.2. The van der Waals surface area contributed by atoms with Gasteiger partial charge in [0, 0.05) is 29.4 Å². The zero-order valence-electron chi connectivity index (χ0n) is 20.7. The molecule has 0 saturated carbocycles. The van der Waals surface area contributed by atoms with Crippen molar-refractivity contribution in [2.45, 2.75) is 57.7 Å². The van der Waals surface area contributed by atoms with Crippen LogP contribution in [-0.2, 0) is 16.0 Å². The maximum atomic E-state index is 15.0. The van der Waals surface area contributed by atoms with E-state index in [1.54, 1.807) is 6.92 Å². The van der Waals surface area contributed by atoms with Gasteiger partial charge in [0.05, 0.1) is 5.92 Å². The molecule has 10 heteroatoms. The van der Waals surface area contributed by atoms with Crippen LogP contribution in [0.2, 0.25) is 0 Å². The molecule has 0 radical (unpaired) electrons. The van der Waals surface area contributed by atoms with Gasteiger partial charge < -0.3 is 19.9 Å². The highest BCUT2D eigenvalue weighted by molar-refractivity contribution is 5.90. The second kappa shape index (κ2) is 9.60. The summed E-state index contributed by atoms with van der Waals surface area (Å²) in [6.45, 7) is 5.36. The van der Waals surface area contributed by atoms with Crippen LogP contribution in [0.25, 0.3) is 0 Å². The fraction of sp³-hybridized carbons (Fsp3) is 0.370. The Balaban J connectivity index is 1.39. The first kappa shape index (κ1) is 24.9. The highest BCUT2D eigenvalue weighted by atomic mass is 19.1. The zero-order valence-corrected chi connectivity index (χ0v) is 20.7. The third-order valence-electron chi connectivity index (χ3n) is 7.04. The van der Waals surface area contributed by atoms with E-state index in [0.29, 0.717) is 29.0 Å². The van der Waals surface area contributed by atoms with Gasteiger partial charge >= 0.3 is 5.69 Å². The first-order chi connectivity index (χ1) is 17.7. The summed E-state index contributed by atoms with van der Waals surface area (Å²) < 4.78 is 27.8. The normalized spacial score (nSPS) is 22.7. The lowest BCUT2D eigenvalue weighted by atomic mass is 9.85. The molecule has 2 aromatic carbocycles. The minimum atomic E-state index is -1.94. The predicted molar refractivity (Wildman–Crippen MR) is 133 cm³/mol. The second-order valence-electron chi connectivity index (χ2n) is 9.44. The topological polar surface area (TPSA) is 123 Å². The standard InChI is InChI=1S/C27H28FN3O6/c1-4-15-12-31(27(35)30-24(15)33)26-20(28)21(32)18(36-26)11-29-25(34)19-16-9-5-7-13(2)22(16)37-23-14(3)8-6-10-17(19)23/h5-10,12,18-21,26,32H,4,11H2,1-3H3,(H,29,34)(H,30,33,35)/t18-,20+,21-,26-/m1/s1. The van der Waals surface area contributed by atoms with Crippen molar-refractivity contribution in [1.82, 2.24) is 14.9 Å². The van der Waals surface area contributed by atoms with Crippen LogP contribution in [0.5, 0.6) is 11.5 Å². The number of aryl methyl sites for hydroxylation is 3. The Hall–Kier alpha value is -3.76. The van der Waals surface area contributed by atoms with Crippen LogP contribution in [0.4, 0.5) is 4.39 Å². The molecule has 3 N–H and O–H groups in total. The van der Waals surface area contributed by atoms with Crippen molar-refractivity contribution in [2.24, 2.45) is 0 Å². The number of H-pyrrole nitrogens is 1. The SMILES string of the molecule is CCc1cn([C@@H]2O[C@H](CNC(=O)C3c4cccc(C)c4Oc4c(C)cccc43)[C@@H](O)[C@@H]2F)c(=O)[nH]c1=O. The lowest BCUT2D eigenvalue weighted by molar-refractivity contribution is -0.123. The minimum absolute atomic E-state index is 0.185. The maximum absolute atomic E-state index is 15.0. The van der Waals surface area contributed by atoms with E-state index < -0.39 is 41.8 Å². The highest BCUT2D eigenvalue weighted by Crippen LogP contribution is 2.47. The van der Waals surface area contributed by atoms with E-state index in [4.69, 9.17) is 9.47 Å². The Bertz CT molecular complexity index is 1430. The number of halogens is 1. The average Bonchev–Trinajstić information content (AvgIpc) is 3.15. The number of carbonyl (C=O) groups excluding carboxylic acids is 1. The largest absolute Gasteiger partial charge is 0.456 e. The Morgan fingerprint density at radius 3 is 2.32 bits per heavy atom. The summed E-state index contributed by atoms with van der Waals surface area (Å²) in [5.74, 6) is 0.207. The number of amides is 1. The van der Waals surface area contributed by atoms with E-state index in [1.807, 2.05) is 50.2 Å². The summed E-state index contributed by atoms with van der Waals surface area (Å²) >= 11 is 0. The van der Waals surface area contributed by atoms with Gasteiger partial charge in [-0.1, -0.05) is 43.3 Å². The maximum Gasteiger partial charge on any atom is 0.330 e. The number of carbonyl (C=O) groups is 1. The van der Waals surface area contributed by atoms with Gasteiger partial charge in [0.2, 0.25) is 5.91 Å². The summed E-state index contributed by atoms with van der Waals surface area (Å²) in [4.78, 5) is 39.9. The number of hydrogen-bond donors (Lipinski definition) is 3. The third kappa shape index (κ3) is 4.25. The van der Waals surface area contributed by atoms with Gasteiger partial charge in [0.25, 0.3) is 5.56 Å². The number of ether oxygens (including phenoxy) is 2. The molecule has 3 aromatic rings. The molecule has 2 aliphatic heterocycles. The van der Waals surface area contributed by atoms with Gasteiger partial charge in [-0.25, -0.2) is 9.18 Å². The molecule has 5 rings (SSSR count). The number of hydrogen-bond acceptors (Lipinski definition) is 6. The molecule has 37 heavy (non-hydrogen) atoms. The van der Waals surface area contributed by atoms with E-state index in [2.05, 4.69) is 10.3 Å². The Labute approximate surface area is 211 Å². The molecular weight excluding hydrogens is 481 g/mol. The van der Waals surface area contributed by atoms with Crippen molar-refractivity contribution < 1.29 is 23.8 Å². The monoisotopic (exact) mass is 509 g/mol. The predicted octanol–water partition coefficient (Wildman–Crippen LogP) is 2.37. The molecule has 0 aliphatic carbocycles. The third-order valence-corrected chi connectivity index (χ3v) is 7.04. The van der Waals surface area contributed by atoms with Crippen LogP contribution in [0.15, 0.2) is 52.2 Å². The number of aliphatic hydroxyl groups excluding tert-OH is 1. The van der Waals surface area contributed by atoms with E-state index in [-0.39, 0.29) is 18.0 Å². The molecule has 9 nitrogen and oxygen atoms in total. The Morgan fingerprint density at radius 2 is 1.73 bits per heavy atom. The van der Waals surface area contributed by atoms with E-state index in [9.17, 15) is 19.5 Å². The second-order valence-corrected chi connectivity index (χ2v) is 9.44. The number of nitrogens with one attached hydrogen (secondary N) is 2. The van der Waals surface area contributed by atoms with Crippen LogP contribution in [0, 0.1) is 13.8 Å². The first-order valence-electron chi connectivity index (χ1n) is 12.2. The Morgan fingerprint density at radius 1 is 1.11 bits per heavy atom. The molecule has 1 aromatic heterocycles. The van der Waals surface area contributed by atoms with E-state index in [1.165, 1.54) is 6.20 Å². The summed E-state index contributed by atoms with van der Waals surface area (Å²) in [7, 11) is 0. The summed E-state index contributed by atoms with van der Waals surface area (Å²) in [5, 5.41) is 13.3. The lowest BCUT2D eigenvalue weighted by Gasteiger charge is -2.30. The van der Waals surface area contributed by atoms with Crippen LogP contribution in [0.3, 0.4) is 0 Å². The number of alkyl halides is 1. The van der Waals surface area contributed by atoms with Crippen molar-refractivity contribution in [3.05, 3.63) is 91.3 Å². The molecule has 1 saturated heterocycles. The van der Waals surface area contributed by atoms with Crippen molar-refractivity contribution >= 4 is 5.91 Å². The van der Waals surface area contributed by atoms with E-state index in [0.717, 1.165) is 15.7 Å². The summed E-state index contributed by atoms with van der Waals surface area (Å²) in [6.07, 6.45) is -4.51. The molecule has 1 fully saturated rings. The van der Waals surface area contributed by atoms with Gasteiger partial charge in [-0.05, 0) is 31.4 Å². The van der Waals surface area contributed by atoms with Crippen molar-refractivity contribution in [2.75, 3.05) is 6.54 Å². The molecule has 2 aliphatic rings. The number of fused-ring (bicyclic) bond motifs is 2. The van der Waals surface area contributed by atoms with Gasteiger partial charge in [0.1, 0.15) is 23.7 Å². The quantitative estimate of drug-likeness (QED) is 0.485. The van der Waals surface area contributed by atoms with Gasteiger partial charge in [-0.2, -0.15) is 0 Å². The zero-order chi connectivity index (χ0) is 26.4. The van der Waals surface area contributed by atoms with E-state index >= 15 is 4.39 Å². The van der Waals surface area contributed by atoms with Crippen LogP contribution < -0.4 is 21.3 Å². The minimum Gasteiger partial charge on any atom is -0.456 e. The fourth-order valence-electron chi connectivity index (χ4n) is 5.00. The van der Waals surface area contributed by atoms with Crippen molar-refractivity contribution in [1.29, 1.82) is 0 Å². The lowest BCUT2D eigenvalue weighted by Crippen LogP contribution is -2.41. The van der Waals surface area contributed by atoms with Gasteiger partial charge in [-0.15, -0.1) is 0 Å².